The van der Waals surface area contributed by atoms with Gasteiger partial charge in [0.1, 0.15) is 0 Å². The number of allylic oxidation sites excluding steroid dienone is 8. The van der Waals surface area contributed by atoms with Crippen LogP contribution in [0.15, 0.2) is 109 Å². The minimum absolute atomic E-state index is 0. The van der Waals surface area contributed by atoms with Crippen molar-refractivity contribution < 1.29 is 17.1 Å². The van der Waals surface area contributed by atoms with Gasteiger partial charge < -0.3 is 0 Å². The van der Waals surface area contributed by atoms with Crippen LogP contribution in [-0.2, 0) is 17.1 Å². The fourth-order valence-corrected chi connectivity index (χ4v) is 14.3. The Hall–Kier alpha value is -1.22. The number of benzene rings is 2. The second kappa shape index (κ2) is 16.3. The van der Waals surface area contributed by atoms with E-state index in [-0.39, 0.29) is 25.0 Å². The van der Waals surface area contributed by atoms with Crippen LogP contribution in [0.2, 0.25) is 0 Å². The van der Waals surface area contributed by atoms with Crippen molar-refractivity contribution in [3.63, 3.8) is 0 Å². The summed E-state index contributed by atoms with van der Waals surface area (Å²) in [5.74, 6) is 0.617. The van der Waals surface area contributed by atoms with E-state index in [1.165, 1.54) is 74.8 Å². The van der Waals surface area contributed by atoms with Gasteiger partial charge in [-0.2, -0.15) is 0 Å². The van der Waals surface area contributed by atoms with E-state index in [2.05, 4.69) is 110 Å². The first-order valence-corrected chi connectivity index (χ1v) is 18.1. The molecule has 0 bridgehead atoms. The second-order valence-electron chi connectivity index (χ2n) is 11.4. The van der Waals surface area contributed by atoms with Gasteiger partial charge in [-0.25, -0.2) is 0 Å². The van der Waals surface area contributed by atoms with Crippen molar-refractivity contribution in [1.29, 1.82) is 0 Å². The minimum atomic E-state index is -0.474. The van der Waals surface area contributed by atoms with Gasteiger partial charge in [-0.1, -0.05) is 157 Å². The summed E-state index contributed by atoms with van der Waals surface area (Å²) >= 11 is 0. The van der Waals surface area contributed by atoms with Crippen molar-refractivity contribution in [3.05, 3.63) is 109 Å². The molecule has 4 aliphatic carbocycles. The fraction of sp³-hybridized carbons (Fsp3) is 0.444. The SMILES string of the molecule is C1=CCC=C1.CC(C1C=CC=C1P(c1ccccc1)c1ccccc1)P(C1CCCCC1)C1CCCCC1.[Fe]. The summed E-state index contributed by atoms with van der Waals surface area (Å²) in [6.07, 6.45) is 31.9. The molecule has 208 valence electrons. The molecule has 2 atom stereocenters. The van der Waals surface area contributed by atoms with Crippen molar-refractivity contribution in [3.8, 4) is 0 Å². The summed E-state index contributed by atoms with van der Waals surface area (Å²) in [5.41, 5.74) is 2.83. The maximum absolute atomic E-state index is 2.66. The molecule has 4 aliphatic rings. The molecule has 39 heavy (non-hydrogen) atoms. The van der Waals surface area contributed by atoms with Crippen molar-refractivity contribution >= 4 is 26.5 Å². The Labute approximate surface area is 251 Å². The topological polar surface area (TPSA) is 0 Å². The summed E-state index contributed by atoms with van der Waals surface area (Å²) < 4.78 is 0. The van der Waals surface area contributed by atoms with Crippen LogP contribution in [0.4, 0.5) is 0 Å². The van der Waals surface area contributed by atoms with Crippen molar-refractivity contribution in [2.45, 2.75) is 94.5 Å². The largest absolute Gasteiger partial charge is 0.0965 e. The normalized spacial score (nSPS) is 21.9. The first kappa shape index (κ1) is 30.7. The molecule has 0 nitrogen and oxygen atoms in total. The Morgan fingerprint density at radius 3 is 1.56 bits per heavy atom. The number of hydrogen-bond donors (Lipinski definition) is 0. The molecule has 2 saturated carbocycles. The van der Waals surface area contributed by atoms with E-state index in [1.807, 2.05) is 0 Å². The first-order valence-electron chi connectivity index (χ1n) is 15.2. The van der Waals surface area contributed by atoms with Gasteiger partial charge in [0.15, 0.2) is 0 Å². The van der Waals surface area contributed by atoms with Crippen LogP contribution in [0.3, 0.4) is 0 Å². The Bertz CT molecular complexity index is 1020. The summed E-state index contributed by atoms with van der Waals surface area (Å²) in [5, 5.41) is 4.71. The first-order chi connectivity index (χ1) is 18.8. The summed E-state index contributed by atoms with van der Waals surface area (Å²) in [6, 6.07) is 22.7. The summed E-state index contributed by atoms with van der Waals surface area (Å²) in [7, 11) is -0.415. The van der Waals surface area contributed by atoms with Crippen molar-refractivity contribution in [1.82, 2.24) is 0 Å². The molecule has 2 fully saturated rings. The minimum Gasteiger partial charge on any atom is -0.0965 e. The van der Waals surface area contributed by atoms with Crippen LogP contribution in [0.25, 0.3) is 0 Å². The summed E-state index contributed by atoms with van der Waals surface area (Å²) in [6.45, 7) is 2.66. The molecule has 0 spiro atoms. The monoisotopic (exact) mass is 596 g/mol. The van der Waals surface area contributed by atoms with Crippen LogP contribution in [0, 0.1) is 5.92 Å². The second-order valence-corrected chi connectivity index (χ2v) is 16.8. The van der Waals surface area contributed by atoms with E-state index in [1.54, 1.807) is 5.31 Å². The van der Waals surface area contributed by atoms with Gasteiger partial charge in [-0.3, -0.25) is 0 Å². The van der Waals surface area contributed by atoms with E-state index < -0.39 is 7.92 Å². The zero-order chi connectivity index (χ0) is 26.0. The van der Waals surface area contributed by atoms with E-state index in [9.17, 15) is 0 Å². The Morgan fingerprint density at radius 1 is 0.641 bits per heavy atom. The molecule has 0 heterocycles. The van der Waals surface area contributed by atoms with E-state index >= 15 is 0 Å². The number of rotatable bonds is 7. The molecular weight excluding hydrogens is 550 g/mol. The van der Waals surface area contributed by atoms with Crippen molar-refractivity contribution in [2.24, 2.45) is 5.92 Å². The third-order valence-electron chi connectivity index (χ3n) is 8.85. The molecule has 6 rings (SSSR count). The Morgan fingerprint density at radius 2 is 1.13 bits per heavy atom. The predicted molar refractivity (Wildman–Crippen MR) is 173 cm³/mol. The van der Waals surface area contributed by atoms with Gasteiger partial charge in [-0.05, 0) is 72.9 Å². The van der Waals surface area contributed by atoms with Crippen molar-refractivity contribution in [2.75, 3.05) is 0 Å². The molecular formula is C36H46FeP2. The van der Waals surface area contributed by atoms with E-state index in [0.29, 0.717) is 5.92 Å². The van der Waals surface area contributed by atoms with Gasteiger partial charge >= 0.3 is 0 Å². The molecule has 2 unspecified atom stereocenters. The third-order valence-corrected chi connectivity index (χ3v) is 15.4. The van der Waals surface area contributed by atoms with Gasteiger partial charge in [0.25, 0.3) is 0 Å². The van der Waals surface area contributed by atoms with Gasteiger partial charge in [0.2, 0.25) is 0 Å². The molecule has 0 radical (unpaired) electrons. The van der Waals surface area contributed by atoms with Crippen LogP contribution in [0.1, 0.15) is 77.6 Å². The smallest absolute Gasteiger partial charge is 0.00969 e. The average Bonchev–Trinajstić information content (AvgIpc) is 3.72. The average molecular weight is 597 g/mol. The van der Waals surface area contributed by atoms with E-state index in [0.717, 1.165) is 23.4 Å². The van der Waals surface area contributed by atoms with Crippen LogP contribution < -0.4 is 10.6 Å². The van der Waals surface area contributed by atoms with Gasteiger partial charge in [-0.15, -0.1) is 0 Å². The van der Waals surface area contributed by atoms with Gasteiger partial charge in [0.05, 0.1) is 0 Å². The quantitative estimate of drug-likeness (QED) is 0.220. The maximum atomic E-state index is 2.66. The van der Waals surface area contributed by atoms with Crippen LogP contribution >= 0.6 is 15.8 Å². The molecule has 0 aromatic heterocycles. The zero-order valence-corrected chi connectivity index (χ0v) is 26.5. The Balaban J connectivity index is 0.000000530. The molecule has 2 aromatic carbocycles. The van der Waals surface area contributed by atoms with Crippen LogP contribution in [-0.4, -0.2) is 17.0 Å². The van der Waals surface area contributed by atoms with Crippen LogP contribution in [0.5, 0.6) is 0 Å². The molecule has 0 N–H and O–H groups in total. The maximum Gasteiger partial charge on any atom is 0.00969 e. The summed E-state index contributed by atoms with van der Waals surface area (Å²) in [4.78, 5) is 0. The molecule has 0 amide bonds. The molecule has 2 aromatic rings. The van der Waals surface area contributed by atoms with Gasteiger partial charge in [0, 0.05) is 23.0 Å². The Kier molecular flexibility index (Phi) is 12.8. The third kappa shape index (κ3) is 8.17. The zero-order valence-electron chi connectivity index (χ0n) is 23.7. The van der Waals surface area contributed by atoms with E-state index in [4.69, 9.17) is 0 Å². The molecule has 0 saturated heterocycles. The number of hydrogen-bond acceptors (Lipinski definition) is 0. The standard InChI is InChI=1S/C31H40P2.C5H6.Fe/c1-25(32(26-15-6-2-7-16-26)27-17-8-3-9-18-27)30-23-14-24-31(30)33(28-19-10-4-11-20-28)29-21-12-5-13-22-29;1-2-4-5-3-1;/h4-5,10-14,19-27,30H,2-3,6-9,15-18H2,1H3;1-4H,5H2;. The fourth-order valence-electron chi connectivity index (χ4n) is 7.02. The molecule has 3 heteroatoms. The predicted octanol–water partition coefficient (Wildman–Crippen LogP) is 10.2. The molecule has 0 aliphatic heterocycles.